The van der Waals surface area contributed by atoms with Crippen LogP contribution < -0.4 is 4.90 Å². The van der Waals surface area contributed by atoms with Crippen molar-refractivity contribution in [2.24, 2.45) is 0 Å². The minimum absolute atomic E-state index is 0.928. The summed E-state index contributed by atoms with van der Waals surface area (Å²) in [6.45, 7) is 0.948. The number of hydrogen-bond acceptors (Lipinski definition) is 2. The summed E-state index contributed by atoms with van der Waals surface area (Å²) in [5.41, 5.74) is 3.46. The second kappa shape index (κ2) is 5.14. The number of para-hydroxylation sites is 2. The first-order valence-electron chi connectivity index (χ1n) is 6.53. The van der Waals surface area contributed by atoms with E-state index in [1.807, 2.05) is 24.3 Å². The van der Waals surface area contributed by atoms with E-state index >= 15 is 0 Å². The molecule has 0 saturated carbocycles. The van der Waals surface area contributed by atoms with Crippen molar-refractivity contribution in [3.05, 3.63) is 60.2 Å². The van der Waals surface area contributed by atoms with Crippen LogP contribution in [0.5, 0.6) is 0 Å². The summed E-state index contributed by atoms with van der Waals surface area (Å²) in [4.78, 5) is 10.1. The highest BCUT2D eigenvalue weighted by Crippen LogP contribution is 2.16. The Balaban J connectivity index is 1.71. The van der Waals surface area contributed by atoms with Crippen molar-refractivity contribution < 1.29 is 0 Å². The Bertz CT molecular complexity index is 625. The number of nitrogens with one attached hydrogen (secondary N) is 1. The molecule has 2 aromatic carbocycles. The minimum atomic E-state index is 0.928. The molecule has 0 fully saturated rings. The van der Waals surface area contributed by atoms with E-state index in [1.54, 1.807) is 0 Å². The van der Waals surface area contributed by atoms with Crippen molar-refractivity contribution in [1.29, 1.82) is 0 Å². The molecule has 0 radical (unpaired) electrons. The molecule has 1 N–H and O–H groups in total. The maximum atomic E-state index is 4.60. The molecule has 3 heteroatoms. The fraction of sp³-hybridized carbons (Fsp3) is 0.188. The maximum Gasteiger partial charge on any atom is 0.203 e. The largest absolute Gasteiger partial charge is 0.345 e. The molecule has 0 aliphatic heterocycles. The van der Waals surface area contributed by atoms with Crippen LogP contribution in [0.1, 0.15) is 5.56 Å². The van der Waals surface area contributed by atoms with E-state index in [-0.39, 0.29) is 0 Å². The Labute approximate surface area is 112 Å². The van der Waals surface area contributed by atoms with Crippen LogP contribution in [0.15, 0.2) is 54.6 Å². The molecule has 0 unspecified atom stereocenters. The Morgan fingerprint density at radius 2 is 1.74 bits per heavy atom. The number of rotatable bonds is 4. The molecule has 3 aromatic rings. The average Bonchev–Trinajstić information content (AvgIpc) is 2.90. The normalized spacial score (nSPS) is 10.8. The number of hydrogen-bond donors (Lipinski definition) is 1. The summed E-state index contributed by atoms with van der Waals surface area (Å²) in [7, 11) is 2.07. The molecule has 3 nitrogen and oxygen atoms in total. The van der Waals surface area contributed by atoms with Gasteiger partial charge < -0.3 is 9.88 Å². The fourth-order valence-corrected chi connectivity index (χ4v) is 2.17. The standard InChI is InChI=1S/C16H17N3/c1-19(12-11-13-7-3-2-4-8-13)16-17-14-9-5-6-10-15(14)18-16/h2-10H,11-12H2,1H3,(H,17,18). The van der Waals surface area contributed by atoms with Gasteiger partial charge in [-0.05, 0) is 24.1 Å². The van der Waals surface area contributed by atoms with Crippen molar-refractivity contribution >= 4 is 17.0 Å². The molecular formula is C16H17N3. The number of benzene rings is 2. The molecule has 96 valence electrons. The van der Waals surface area contributed by atoms with Gasteiger partial charge in [0, 0.05) is 13.6 Å². The zero-order chi connectivity index (χ0) is 13.1. The number of aromatic amines is 1. The van der Waals surface area contributed by atoms with Gasteiger partial charge in [-0.1, -0.05) is 42.5 Å². The second-order valence-corrected chi connectivity index (χ2v) is 4.73. The monoisotopic (exact) mass is 251 g/mol. The molecule has 0 atom stereocenters. The third kappa shape index (κ3) is 2.60. The molecule has 0 bridgehead atoms. The molecule has 1 heterocycles. The fourth-order valence-electron chi connectivity index (χ4n) is 2.17. The van der Waals surface area contributed by atoms with E-state index in [4.69, 9.17) is 0 Å². The third-order valence-electron chi connectivity index (χ3n) is 3.32. The molecule has 0 aliphatic carbocycles. The van der Waals surface area contributed by atoms with Crippen molar-refractivity contribution in [3.63, 3.8) is 0 Å². The minimum Gasteiger partial charge on any atom is -0.345 e. The van der Waals surface area contributed by atoms with E-state index < -0.39 is 0 Å². The van der Waals surface area contributed by atoms with Crippen LogP contribution in [0.3, 0.4) is 0 Å². The van der Waals surface area contributed by atoms with E-state index in [0.29, 0.717) is 0 Å². The maximum absolute atomic E-state index is 4.60. The lowest BCUT2D eigenvalue weighted by molar-refractivity contribution is 0.850. The molecule has 0 amide bonds. The van der Waals surface area contributed by atoms with E-state index in [1.165, 1.54) is 5.56 Å². The van der Waals surface area contributed by atoms with Gasteiger partial charge >= 0.3 is 0 Å². The van der Waals surface area contributed by atoms with Gasteiger partial charge in [0.05, 0.1) is 11.0 Å². The number of fused-ring (bicyclic) bond motifs is 1. The van der Waals surface area contributed by atoms with E-state index in [0.717, 1.165) is 29.9 Å². The zero-order valence-electron chi connectivity index (χ0n) is 11.0. The first-order chi connectivity index (χ1) is 9.33. The third-order valence-corrected chi connectivity index (χ3v) is 3.32. The molecule has 19 heavy (non-hydrogen) atoms. The summed E-state index contributed by atoms with van der Waals surface area (Å²) < 4.78 is 0. The van der Waals surface area contributed by atoms with Crippen molar-refractivity contribution in [2.45, 2.75) is 6.42 Å². The lowest BCUT2D eigenvalue weighted by Gasteiger charge is -2.15. The smallest absolute Gasteiger partial charge is 0.203 e. The highest BCUT2D eigenvalue weighted by molar-refractivity contribution is 5.77. The highest BCUT2D eigenvalue weighted by atomic mass is 15.2. The van der Waals surface area contributed by atoms with Crippen molar-refractivity contribution in [3.8, 4) is 0 Å². The van der Waals surface area contributed by atoms with Gasteiger partial charge in [0.2, 0.25) is 5.95 Å². The first kappa shape index (κ1) is 11.8. The van der Waals surface area contributed by atoms with Gasteiger partial charge in [-0.25, -0.2) is 4.98 Å². The van der Waals surface area contributed by atoms with Crippen molar-refractivity contribution in [1.82, 2.24) is 9.97 Å². The van der Waals surface area contributed by atoms with Gasteiger partial charge in [-0.15, -0.1) is 0 Å². The molecule has 0 spiro atoms. The second-order valence-electron chi connectivity index (χ2n) is 4.73. The van der Waals surface area contributed by atoms with Gasteiger partial charge in [-0.2, -0.15) is 0 Å². The van der Waals surface area contributed by atoms with Crippen LogP contribution in [-0.4, -0.2) is 23.6 Å². The van der Waals surface area contributed by atoms with E-state index in [2.05, 4.69) is 52.2 Å². The summed E-state index contributed by atoms with van der Waals surface area (Å²) >= 11 is 0. The Morgan fingerprint density at radius 3 is 2.53 bits per heavy atom. The average molecular weight is 251 g/mol. The summed E-state index contributed by atoms with van der Waals surface area (Å²) in [6, 6.07) is 18.6. The Hall–Kier alpha value is -2.29. The van der Waals surface area contributed by atoms with Crippen LogP contribution in [0, 0.1) is 0 Å². The quantitative estimate of drug-likeness (QED) is 0.772. The van der Waals surface area contributed by atoms with Gasteiger partial charge in [0.25, 0.3) is 0 Å². The number of likely N-dealkylation sites (N-methyl/N-ethyl adjacent to an activating group) is 1. The number of aromatic nitrogens is 2. The Morgan fingerprint density at radius 1 is 1.00 bits per heavy atom. The van der Waals surface area contributed by atoms with Gasteiger partial charge in [-0.3, -0.25) is 0 Å². The first-order valence-corrected chi connectivity index (χ1v) is 6.53. The van der Waals surface area contributed by atoms with Crippen LogP contribution in [0.25, 0.3) is 11.0 Å². The molecule has 3 rings (SSSR count). The van der Waals surface area contributed by atoms with Gasteiger partial charge in [0.1, 0.15) is 0 Å². The van der Waals surface area contributed by atoms with Crippen LogP contribution in [0.2, 0.25) is 0 Å². The van der Waals surface area contributed by atoms with Crippen molar-refractivity contribution in [2.75, 3.05) is 18.5 Å². The lowest BCUT2D eigenvalue weighted by atomic mass is 10.1. The SMILES string of the molecule is CN(CCc1ccccc1)c1nc2ccccc2[nH]1. The van der Waals surface area contributed by atoms with Crippen LogP contribution >= 0.6 is 0 Å². The van der Waals surface area contributed by atoms with Gasteiger partial charge in [0.15, 0.2) is 0 Å². The van der Waals surface area contributed by atoms with Crippen LogP contribution in [0.4, 0.5) is 5.95 Å². The Kier molecular flexibility index (Phi) is 3.19. The zero-order valence-corrected chi connectivity index (χ0v) is 11.0. The number of anilines is 1. The predicted octanol–water partition coefficient (Wildman–Crippen LogP) is 3.24. The predicted molar refractivity (Wildman–Crippen MR) is 79.5 cm³/mol. The van der Waals surface area contributed by atoms with Crippen LogP contribution in [-0.2, 0) is 6.42 Å². The summed E-state index contributed by atoms with van der Waals surface area (Å²) in [6.07, 6.45) is 1.02. The molecule has 0 aliphatic rings. The molecule has 1 aromatic heterocycles. The number of imidazole rings is 1. The lowest BCUT2D eigenvalue weighted by Crippen LogP contribution is -2.21. The summed E-state index contributed by atoms with van der Waals surface area (Å²) in [5, 5.41) is 0. The molecule has 0 saturated heterocycles. The highest BCUT2D eigenvalue weighted by Gasteiger charge is 2.06. The topological polar surface area (TPSA) is 31.9 Å². The summed E-state index contributed by atoms with van der Waals surface area (Å²) in [5.74, 6) is 0.928. The van der Waals surface area contributed by atoms with E-state index in [9.17, 15) is 0 Å². The number of nitrogens with zero attached hydrogens (tertiary/aromatic N) is 2. The molecular weight excluding hydrogens is 234 g/mol. The number of H-pyrrole nitrogens is 1.